The number of halogens is 1. The van der Waals surface area contributed by atoms with E-state index in [1.165, 1.54) is 83.5 Å². The summed E-state index contributed by atoms with van der Waals surface area (Å²) in [5.74, 6) is 0. The lowest BCUT2D eigenvalue weighted by Crippen LogP contribution is -1.93. The molecule has 140 valence electrons. The van der Waals surface area contributed by atoms with Crippen LogP contribution in [0.3, 0.4) is 0 Å². The normalized spacial score (nSPS) is 11.9. The number of alkyl halides is 1. The summed E-state index contributed by atoms with van der Waals surface area (Å²) in [4.78, 5) is 4.33. The van der Waals surface area contributed by atoms with Crippen molar-refractivity contribution in [2.75, 3.05) is 0 Å². The summed E-state index contributed by atoms with van der Waals surface area (Å²) in [6.45, 7) is 2.28. The van der Waals surface area contributed by atoms with Gasteiger partial charge in [0.25, 0.3) is 0 Å². The number of rotatable bonds is 15. The van der Waals surface area contributed by atoms with Crippen LogP contribution in [0.4, 0.5) is 0 Å². The van der Waals surface area contributed by atoms with Crippen molar-refractivity contribution in [3.8, 4) is 0 Å². The van der Waals surface area contributed by atoms with Gasteiger partial charge in [-0.1, -0.05) is 96.5 Å². The first-order chi connectivity index (χ1) is 11.3. The Labute approximate surface area is 154 Å². The predicted octanol–water partition coefficient (Wildman–Crippen LogP) is 7.02. The van der Waals surface area contributed by atoms with Gasteiger partial charge >= 0.3 is 0 Å². The van der Waals surface area contributed by atoms with Crippen LogP contribution in [0.5, 0.6) is 0 Å². The molecule has 1 heterocycles. The summed E-state index contributed by atoms with van der Waals surface area (Å²) in [6.07, 6.45) is 21.0. The van der Waals surface area contributed by atoms with Gasteiger partial charge in [0.2, 0.25) is 0 Å². The predicted molar refractivity (Wildman–Crippen MR) is 107 cm³/mol. The van der Waals surface area contributed by atoms with Gasteiger partial charge in [-0.3, -0.25) is 4.98 Å². The zero-order chi connectivity index (χ0) is 16.6. The molecule has 1 aromatic heterocycles. The highest BCUT2D eigenvalue weighted by atomic mass is 35.5. The number of unbranched alkanes of at least 4 members (excludes halogenated alkanes) is 12. The van der Waals surface area contributed by atoms with Gasteiger partial charge in [-0.25, -0.2) is 0 Å². The molecule has 1 aromatic rings. The molecule has 0 bridgehead atoms. The molecule has 0 saturated carbocycles. The third kappa shape index (κ3) is 12.8. The molecule has 1 atom stereocenters. The van der Waals surface area contributed by atoms with Crippen LogP contribution in [-0.2, 0) is 0 Å². The Kier molecular flexibility index (Phi) is 16.8. The molecule has 0 saturated heterocycles. The summed E-state index contributed by atoms with van der Waals surface area (Å²) in [5, 5.41) is 0.0870. The molecular weight excluding hydrogens is 318 g/mol. The van der Waals surface area contributed by atoms with Crippen molar-refractivity contribution in [3.05, 3.63) is 30.1 Å². The van der Waals surface area contributed by atoms with Crippen molar-refractivity contribution in [2.45, 2.75) is 102 Å². The molecule has 0 aliphatic rings. The zero-order valence-electron chi connectivity index (χ0n) is 15.6. The summed E-state index contributed by atoms with van der Waals surface area (Å²) < 4.78 is 0. The summed E-state index contributed by atoms with van der Waals surface area (Å²) in [5.41, 5.74) is 1.02. The van der Waals surface area contributed by atoms with E-state index in [0.717, 1.165) is 12.1 Å². The highest BCUT2D eigenvalue weighted by Gasteiger charge is 2.07. The maximum absolute atomic E-state index is 6.39. The molecule has 2 N–H and O–H groups in total. The second kappa shape index (κ2) is 17.2. The van der Waals surface area contributed by atoms with Crippen molar-refractivity contribution in [1.82, 2.24) is 4.98 Å². The number of hydrogen-bond acceptors (Lipinski definition) is 1. The standard InChI is InChI=1S/C21H36ClN.H2O/c1-2-3-4-5-6-7-8-9-10-11-12-13-14-17-20(22)21-18-15-16-19-23-21;/h15-16,18-20H,2-14,17H2,1H3;1H2. The van der Waals surface area contributed by atoms with Gasteiger partial charge in [-0.05, 0) is 18.6 Å². The molecule has 0 radical (unpaired) electrons. The minimum absolute atomic E-state index is 0. The number of pyridine rings is 1. The van der Waals surface area contributed by atoms with Crippen molar-refractivity contribution >= 4 is 11.6 Å². The van der Waals surface area contributed by atoms with Gasteiger partial charge in [0, 0.05) is 6.20 Å². The highest BCUT2D eigenvalue weighted by Crippen LogP contribution is 2.24. The Balaban J connectivity index is 0.00000529. The molecule has 24 heavy (non-hydrogen) atoms. The second-order valence-electron chi connectivity index (χ2n) is 6.75. The van der Waals surface area contributed by atoms with Gasteiger partial charge in [-0.15, -0.1) is 11.6 Å². The van der Waals surface area contributed by atoms with Crippen LogP contribution in [0, 0.1) is 0 Å². The van der Waals surface area contributed by atoms with Gasteiger partial charge in [0.1, 0.15) is 0 Å². The number of nitrogens with zero attached hydrogens (tertiary/aromatic N) is 1. The van der Waals surface area contributed by atoms with Crippen LogP contribution in [-0.4, -0.2) is 10.5 Å². The lowest BCUT2D eigenvalue weighted by Gasteiger charge is -2.08. The summed E-state index contributed by atoms with van der Waals surface area (Å²) >= 11 is 6.39. The fourth-order valence-corrected chi connectivity index (χ4v) is 3.33. The average Bonchev–Trinajstić information content (AvgIpc) is 2.59. The van der Waals surface area contributed by atoms with E-state index >= 15 is 0 Å². The second-order valence-corrected chi connectivity index (χ2v) is 7.28. The monoisotopic (exact) mass is 355 g/mol. The van der Waals surface area contributed by atoms with Crippen molar-refractivity contribution < 1.29 is 5.48 Å². The lowest BCUT2D eigenvalue weighted by molar-refractivity contribution is 0.534. The lowest BCUT2D eigenvalue weighted by atomic mass is 10.0. The van der Waals surface area contributed by atoms with E-state index in [0.29, 0.717) is 0 Å². The Morgan fingerprint density at radius 3 is 1.75 bits per heavy atom. The maximum Gasteiger partial charge on any atom is 0.0757 e. The Morgan fingerprint density at radius 1 is 0.792 bits per heavy atom. The third-order valence-electron chi connectivity index (χ3n) is 4.57. The summed E-state index contributed by atoms with van der Waals surface area (Å²) in [6, 6.07) is 5.99. The molecule has 0 aromatic carbocycles. The van der Waals surface area contributed by atoms with Crippen molar-refractivity contribution in [2.24, 2.45) is 0 Å². The molecule has 0 fully saturated rings. The number of aromatic nitrogens is 1. The van der Waals surface area contributed by atoms with Crippen molar-refractivity contribution in [1.29, 1.82) is 0 Å². The van der Waals surface area contributed by atoms with E-state index in [1.807, 2.05) is 24.4 Å². The third-order valence-corrected chi connectivity index (χ3v) is 5.01. The SMILES string of the molecule is CCCCCCCCCCCCCCCC(Cl)c1ccccn1.O. The van der Waals surface area contributed by atoms with E-state index in [9.17, 15) is 0 Å². The van der Waals surface area contributed by atoms with Gasteiger partial charge in [0.05, 0.1) is 11.1 Å². The highest BCUT2D eigenvalue weighted by molar-refractivity contribution is 6.20. The molecule has 0 spiro atoms. The molecule has 0 amide bonds. The van der Waals surface area contributed by atoms with Gasteiger partial charge in [0.15, 0.2) is 0 Å². The van der Waals surface area contributed by atoms with Crippen LogP contribution in [0.25, 0.3) is 0 Å². The molecule has 1 rings (SSSR count). The minimum Gasteiger partial charge on any atom is -0.412 e. The fraction of sp³-hybridized carbons (Fsp3) is 0.762. The van der Waals surface area contributed by atoms with E-state index < -0.39 is 0 Å². The molecule has 1 unspecified atom stereocenters. The fourth-order valence-electron chi connectivity index (χ4n) is 3.05. The van der Waals surface area contributed by atoms with Gasteiger partial charge in [-0.2, -0.15) is 0 Å². The molecule has 2 nitrogen and oxygen atoms in total. The smallest absolute Gasteiger partial charge is 0.0757 e. The molecule has 3 heteroatoms. The van der Waals surface area contributed by atoms with E-state index in [1.54, 1.807) is 0 Å². The van der Waals surface area contributed by atoms with Gasteiger partial charge < -0.3 is 5.48 Å². The Hall–Kier alpha value is -0.600. The zero-order valence-corrected chi connectivity index (χ0v) is 16.4. The molecule has 0 aliphatic carbocycles. The van der Waals surface area contributed by atoms with E-state index in [4.69, 9.17) is 11.6 Å². The van der Waals surface area contributed by atoms with Crippen LogP contribution in [0.1, 0.15) is 108 Å². The topological polar surface area (TPSA) is 44.4 Å². The van der Waals surface area contributed by atoms with Crippen LogP contribution in [0.15, 0.2) is 24.4 Å². The first-order valence-corrected chi connectivity index (χ1v) is 10.3. The van der Waals surface area contributed by atoms with Crippen LogP contribution in [0.2, 0.25) is 0 Å². The van der Waals surface area contributed by atoms with E-state index in [-0.39, 0.29) is 10.9 Å². The quantitative estimate of drug-likeness (QED) is 0.246. The van der Waals surface area contributed by atoms with Crippen LogP contribution >= 0.6 is 11.6 Å². The average molecular weight is 356 g/mol. The molecular formula is C21H38ClNO. The maximum atomic E-state index is 6.39. The van der Waals surface area contributed by atoms with Crippen molar-refractivity contribution in [3.63, 3.8) is 0 Å². The Morgan fingerprint density at radius 2 is 1.29 bits per heavy atom. The number of hydrogen-bond donors (Lipinski definition) is 0. The van der Waals surface area contributed by atoms with E-state index in [2.05, 4.69) is 11.9 Å². The first kappa shape index (κ1) is 23.4. The first-order valence-electron chi connectivity index (χ1n) is 9.89. The molecule has 0 aliphatic heterocycles. The van der Waals surface area contributed by atoms with Crippen LogP contribution < -0.4 is 0 Å². The largest absolute Gasteiger partial charge is 0.412 e. The summed E-state index contributed by atoms with van der Waals surface area (Å²) in [7, 11) is 0. The minimum atomic E-state index is 0. The Bertz CT molecular complexity index is 358.